The minimum atomic E-state index is -1.97. The molecule has 0 aromatic rings. The molecule has 0 amide bonds. The van der Waals surface area contributed by atoms with Gasteiger partial charge in [0, 0.05) is 0 Å². The summed E-state index contributed by atoms with van der Waals surface area (Å²) in [6.45, 7) is 9.03. The summed E-state index contributed by atoms with van der Waals surface area (Å²) in [4.78, 5) is 0. The zero-order chi connectivity index (χ0) is 15.3. The van der Waals surface area contributed by atoms with E-state index in [4.69, 9.17) is 0 Å². The van der Waals surface area contributed by atoms with Gasteiger partial charge in [0.25, 0.3) is 0 Å². The van der Waals surface area contributed by atoms with Crippen molar-refractivity contribution >= 4 is 18.4 Å². The van der Waals surface area contributed by atoms with Crippen LogP contribution in [0.5, 0.6) is 0 Å². The fourth-order valence-electron chi connectivity index (χ4n) is 2.95. The van der Waals surface area contributed by atoms with Crippen LogP contribution in [0.2, 0.25) is 17.7 Å². The van der Waals surface area contributed by atoms with Gasteiger partial charge >= 0.3 is 132 Å². The minimum absolute atomic E-state index is 0.220. The topological polar surface area (TPSA) is 20.2 Å². The quantitative estimate of drug-likeness (QED) is 0.295. The Morgan fingerprint density at radius 1 is 0.850 bits per heavy atom. The molecule has 1 N–H and O–H groups in total. The molecule has 0 fully saturated rings. The summed E-state index contributed by atoms with van der Waals surface area (Å²) in [7, 11) is 0. The number of aliphatic hydroxyl groups is 1. The van der Waals surface area contributed by atoms with E-state index in [0.717, 1.165) is 6.42 Å². The summed E-state index contributed by atoms with van der Waals surface area (Å²) in [6, 6.07) is 0. The van der Waals surface area contributed by atoms with Gasteiger partial charge in [-0.05, 0) is 0 Å². The van der Waals surface area contributed by atoms with E-state index < -0.39 is 18.4 Å². The number of aliphatic hydroxyl groups excluding tert-OH is 1. The van der Waals surface area contributed by atoms with Crippen LogP contribution in [0.15, 0.2) is 12.2 Å². The Bertz CT molecular complexity index is 216. The van der Waals surface area contributed by atoms with Gasteiger partial charge in [0.05, 0.1) is 0 Å². The van der Waals surface area contributed by atoms with Crippen molar-refractivity contribution in [2.75, 3.05) is 0 Å². The first kappa shape index (κ1) is 20.5. The van der Waals surface area contributed by atoms with Crippen molar-refractivity contribution in [2.24, 2.45) is 0 Å². The molecule has 0 saturated carbocycles. The van der Waals surface area contributed by atoms with Gasteiger partial charge in [0.1, 0.15) is 0 Å². The van der Waals surface area contributed by atoms with Crippen LogP contribution in [-0.4, -0.2) is 29.6 Å². The average Bonchev–Trinajstić information content (AvgIpc) is 2.48. The number of rotatable bonds is 13. The number of unbranched alkanes of at least 4 members (excludes halogenated alkanes) is 3. The molecule has 0 aliphatic carbocycles. The molecule has 0 spiro atoms. The summed E-state index contributed by atoms with van der Waals surface area (Å²) in [5, 5.41) is 9.72. The summed E-state index contributed by atoms with van der Waals surface area (Å²) >= 11 is -1.97. The number of hydrogen-bond donors (Lipinski definition) is 1. The Kier molecular flexibility index (Phi) is 13.5. The molecule has 120 valence electrons. The molecule has 0 aromatic heterocycles. The first-order valence-electron chi connectivity index (χ1n) is 8.98. The normalized spacial score (nSPS) is 14.1. The van der Waals surface area contributed by atoms with E-state index in [-0.39, 0.29) is 6.10 Å². The van der Waals surface area contributed by atoms with E-state index in [1.54, 1.807) is 13.3 Å². The van der Waals surface area contributed by atoms with Crippen molar-refractivity contribution in [3.8, 4) is 0 Å². The van der Waals surface area contributed by atoms with Gasteiger partial charge in [-0.3, -0.25) is 0 Å². The standard InChI is InChI=1S/C6H11O.3C4H9.Sn/c1-3-5-6(7)4-2;3*1-3-4-2;/h3,5-7H,1,4H2,2H3;3*1,3-4H2,2H3;/b5-3+;;;;. The van der Waals surface area contributed by atoms with Crippen molar-refractivity contribution in [1.82, 2.24) is 0 Å². The summed E-state index contributed by atoms with van der Waals surface area (Å²) in [6.07, 6.45) is 13.4. The van der Waals surface area contributed by atoms with Crippen molar-refractivity contribution in [3.05, 3.63) is 12.2 Å². The van der Waals surface area contributed by atoms with Gasteiger partial charge in [-0.25, -0.2) is 0 Å². The summed E-state index contributed by atoms with van der Waals surface area (Å²) in [5.41, 5.74) is 0. The Morgan fingerprint density at radius 2 is 1.30 bits per heavy atom. The third kappa shape index (κ3) is 9.44. The third-order valence-corrected chi connectivity index (χ3v) is 19.8. The van der Waals surface area contributed by atoms with E-state index in [9.17, 15) is 5.11 Å². The zero-order valence-electron chi connectivity index (χ0n) is 14.5. The van der Waals surface area contributed by atoms with Gasteiger partial charge in [-0.2, -0.15) is 0 Å². The maximum atomic E-state index is 9.72. The Labute approximate surface area is 132 Å². The molecule has 0 aliphatic heterocycles. The molecule has 0 rings (SSSR count). The third-order valence-electron chi connectivity index (χ3n) is 4.51. The van der Waals surface area contributed by atoms with Crippen LogP contribution in [0.3, 0.4) is 0 Å². The molecular weight excluding hydrogens is 351 g/mol. The van der Waals surface area contributed by atoms with Crippen molar-refractivity contribution in [3.63, 3.8) is 0 Å². The molecular formula is C18H38OSn. The predicted octanol–water partition coefficient (Wildman–Crippen LogP) is 6.16. The first-order chi connectivity index (χ1) is 9.64. The van der Waals surface area contributed by atoms with Crippen molar-refractivity contribution in [2.45, 2.75) is 96.5 Å². The predicted molar refractivity (Wildman–Crippen MR) is 95.1 cm³/mol. The van der Waals surface area contributed by atoms with Crippen LogP contribution < -0.4 is 0 Å². The van der Waals surface area contributed by atoms with Gasteiger partial charge in [-0.15, -0.1) is 0 Å². The van der Waals surface area contributed by atoms with Crippen LogP contribution in [0.4, 0.5) is 0 Å². The number of allylic oxidation sites excluding steroid dienone is 1. The van der Waals surface area contributed by atoms with Crippen LogP contribution in [-0.2, 0) is 0 Å². The van der Waals surface area contributed by atoms with E-state index >= 15 is 0 Å². The molecule has 0 radical (unpaired) electrons. The van der Waals surface area contributed by atoms with E-state index in [2.05, 4.69) is 39.8 Å². The summed E-state index contributed by atoms with van der Waals surface area (Å²) < 4.78 is 6.07. The molecule has 2 heteroatoms. The van der Waals surface area contributed by atoms with E-state index in [0.29, 0.717) is 0 Å². The second kappa shape index (κ2) is 13.2. The molecule has 0 saturated heterocycles. The molecule has 0 aromatic carbocycles. The second-order valence-corrected chi connectivity index (χ2v) is 20.4. The van der Waals surface area contributed by atoms with Gasteiger partial charge < -0.3 is 0 Å². The van der Waals surface area contributed by atoms with Gasteiger partial charge in [-0.1, -0.05) is 0 Å². The van der Waals surface area contributed by atoms with Crippen LogP contribution in [0.25, 0.3) is 0 Å². The average molecular weight is 389 g/mol. The Hall–Kier alpha value is 0.499. The van der Waals surface area contributed by atoms with Crippen LogP contribution in [0.1, 0.15) is 72.6 Å². The maximum absolute atomic E-state index is 9.72. The Morgan fingerprint density at radius 3 is 1.65 bits per heavy atom. The molecule has 0 aliphatic rings. The molecule has 0 heterocycles. The molecule has 1 unspecified atom stereocenters. The fourth-order valence-corrected chi connectivity index (χ4v) is 18.1. The van der Waals surface area contributed by atoms with Gasteiger partial charge in [0.2, 0.25) is 0 Å². The van der Waals surface area contributed by atoms with E-state index in [1.807, 2.05) is 0 Å². The number of hydrogen-bond acceptors (Lipinski definition) is 1. The van der Waals surface area contributed by atoms with Crippen LogP contribution >= 0.6 is 0 Å². The monoisotopic (exact) mass is 390 g/mol. The fraction of sp³-hybridized carbons (Fsp3) is 0.889. The van der Waals surface area contributed by atoms with E-state index in [1.165, 1.54) is 43.0 Å². The van der Waals surface area contributed by atoms with Crippen molar-refractivity contribution < 1.29 is 5.11 Å². The van der Waals surface area contributed by atoms with Crippen LogP contribution in [0, 0.1) is 0 Å². The van der Waals surface area contributed by atoms with Gasteiger partial charge in [0.15, 0.2) is 0 Å². The molecule has 20 heavy (non-hydrogen) atoms. The molecule has 0 bridgehead atoms. The van der Waals surface area contributed by atoms with Crippen molar-refractivity contribution in [1.29, 1.82) is 0 Å². The Balaban J connectivity index is 4.69. The summed E-state index contributed by atoms with van der Waals surface area (Å²) in [5.74, 6) is 0. The molecule has 1 atom stereocenters. The first-order valence-corrected chi connectivity index (χ1v) is 17.1. The zero-order valence-corrected chi connectivity index (χ0v) is 17.3. The molecule has 1 nitrogen and oxygen atoms in total. The second-order valence-electron chi connectivity index (χ2n) is 6.42. The SMILES string of the molecule is CCC[CH2][Sn]([CH2]/C=C/C(O)CC)([CH2]CCC)[CH2]CCC.